The van der Waals surface area contributed by atoms with E-state index in [2.05, 4.69) is 41.0 Å². The van der Waals surface area contributed by atoms with E-state index in [4.69, 9.17) is 9.84 Å². The summed E-state index contributed by atoms with van der Waals surface area (Å²) >= 11 is 0. The maximum Gasteiger partial charge on any atom is 0.303 e. The van der Waals surface area contributed by atoms with Gasteiger partial charge in [-0.3, -0.25) is 14.6 Å². The number of hydrogen-bond acceptors (Lipinski definition) is 4. The average molecular weight is 334 g/mol. The Morgan fingerprint density at radius 1 is 1.25 bits per heavy atom. The number of ether oxygens (including phenoxy) is 1. The van der Waals surface area contributed by atoms with Crippen molar-refractivity contribution in [3.8, 4) is 0 Å². The van der Waals surface area contributed by atoms with Gasteiger partial charge in [-0.1, -0.05) is 30.3 Å². The third kappa shape index (κ3) is 6.99. The van der Waals surface area contributed by atoms with Gasteiger partial charge in [-0.15, -0.1) is 0 Å². The highest BCUT2D eigenvalue weighted by molar-refractivity contribution is 5.66. The van der Waals surface area contributed by atoms with E-state index in [0.29, 0.717) is 6.04 Å². The molecule has 2 rings (SSSR count). The van der Waals surface area contributed by atoms with Gasteiger partial charge in [0.2, 0.25) is 0 Å². The highest BCUT2D eigenvalue weighted by Crippen LogP contribution is 2.12. The molecule has 0 spiro atoms. The van der Waals surface area contributed by atoms with Gasteiger partial charge in [0.15, 0.2) is 0 Å². The summed E-state index contributed by atoms with van der Waals surface area (Å²) in [6.45, 7) is 8.82. The van der Waals surface area contributed by atoms with Crippen molar-refractivity contribution in [3.05, 3.63) is 35.9 Å². The first kappa shape index (κ1) is 18.9. The molecule has 1 heterocycles. The fraction of sp³-hybridized carbons (Fsp3) is 0.632. The predicted octanol–water partition coefficient (Wildman–Crippen LogP) is 2.46. The lowest BCUT2D eigenvalue weighted by molar-refractivity contribution is -0.137. The number of carboxylic acid groups (broad SMARTS) is 1. The van der Waals surface area contributed by atoms with Crippen molar-refractivity contribution in [2.45, 2.75) is 38.8 Å². The number of morpholine rings is 1. The summed E-state index contributed by atoms with van der Waals surface area (Å²) in [4.78, 5) is 15.6. The van der Waals surface area contributed by atoms with Crippen LogP contribution in [0.25, 0.3) is 0 Å². The van der Waals surface area contributed by atoms with Crippen LogP contribution >= 0.6 is 0 Å². The molecule has 1 atom stereocenters. The minimum atomic E-state index is -0.703. The van der Waals surface area contributed by atoms with E-state index in [-0.39, 0.29) is 6.42 Å². The van der Waals surface area contributed by atoms with Crippen LogP contribution in [0.3, 0.4) is 0 Å². The second-order valence-corrected chi connectivity index (χ2v) is 6.57. The van der Waals surface area contributed by atoms with Gasteiger partial charge in [0, 0.05) is 38.6 Å². The minimum Gasteiger partial charge on any atom is -0.481 e. The lowest BCUT2D eigenvalue weighted by atomic mass is 10.1. The maximum atomic E-state index is 10.7. The number of hydrogen-bond donors (Lipinski definition) is 1. The number of carboxylic acids is 1. The van der Waals surface area contributed by atoms with Crippen LogP contribution in [0.1, 0.15) is 31.7 Å². The van der Waals surface area contributed by atoms with E-state index < -0.39 is 5.97 Å². The number of rotatable bonds is 10. The summed E-state index contributed by atoms with van der Waals surface area (Å²) in [5.74, 6) is -0.703. The normalized spacial score (nSPS) is 17.1. The Balaban J connectivity index is 1.88. The number of benzene rings is 1. The Morgan fingerprint density at radius 2 is 1.96 bits per heavy atom. The summed E-state index contributed by atoms with van der Waals surface area (Å²) in [6.07, 6.45) is 1.93. The van der Waals surface area contributed by atoms with Crippen molar-refractivity contribution in [1.82, 2.24) is 9.80 Å². The van der Waals surface area contributed by atoms with E-state index in [1.54, 1.807) is 0 Å². The molecule has 1 aromatic rings. The molecule has 134 valence electrons. The van der Waals surface area contributed by atoms with Gasteiger partial charge in [-0.05, 0) is 31.9 Å². The monoisotopic (exact) mass is 334 g/mol. The molecule has 1 N–H and O–H groups in total. The first-order valence-corrected chi connectivity index (χ1v) is 8.95. The van der Waals surface area contributed by atoms with E-state index in [0.717, 1.165) is 58.8 Å². The molecule has 0 saturated carbocycles. The Labute approximate surface area is 145 Å². The van der Waals surface area contributed by atoms with Crippen molar-refractivity contribution in [2.24, 2.45) is 0 Å². The van der Waals surface area contributed by atoms with E-state index in [1.165, 1.54) is 5.56 Å². The zero-order chi connectivity index (χ0) is 17.2. The summed E-state index contributed by atoms with van der Waals surface area (Å²) in [7, 11) is 0. The highest BCUT2D eigenvalue weighted by atomic mass is 16.5. The minimum absolute atomic E-state index is 0.261. The van der Waals surface area contributed by atoms with Gasteiger partial charge in [0.1, 0.15) is 0 Å². The largest absolute Gasteiger partial charge is 0.481 e. The third-order valence-electron chi connectivity index (χ3n) is 4.56. The molecular formula is C19H30N2O3. The van der Waals surface area contributed by atoms with E-state index >= 15 is 0 Å². The molecule has 0 aliphatic carbocycles. The standard InChI is InChI=1S/C19H30N2O3/c1-17(15-20-11-13-24-14-12-20)21(10-6-5-9-19(22)23)16-18-7-3-2-4-8-18/h2-4,7-8,17H,5-6,9-16H2,1H3,(H,22,23). The second-order valence-electron chi connectivity index (χ2n) is 6.57. The van der Waals surface area contributed by atoms with Crippen LogP contribution in [0.15, 0.2) is 30.3 Å². The molecular weight excluding hydrogens is 304 g/mol. The van der Waals surface area contributed by atoms with Crippen LogP contribution in [0.5, 0.6) is 0 Å². The van der Waals surface area contributed by atoms with Crippen LogP contribution in [0.4, 0.5) is 0 Å². The SMILES string of the molecule is CC(CN1CCOCC1)N(CCCCC(=O)O)Cc1ccccc1. The van der Waals surface area contributed by atoms with Crippen LogP contribution in [-0.2, 0) is 16.1 Å². The van der Waals surface area contributed by atoms with Crippen molar-refractivity contribution < 1.29 is 14.6 Å². The molecule has 24 heavy (non-hydrogen) atoms. The van der Waals surface area contributed by atoms with Crippen molar-refractivity contribution in [3.63, 3.8) is 0 Å². The highest BCUT2D eigenvalue weighted by Gasteiger charge is 2.19. The molecule has 1 fully saturated rings. The average Bonchev–Trinajstić information content (AvgIpc) is 2.59. The van der Waals surface area contributed by atoms with Crippen LogP contribution in [-0.4, -0.2) is 66.3 Å². The first-order chi connectivity index (χ1) is 11.6. The molecule has 1 aromatic carbocycles. The van der Waals surface area contributed by atoms with Crippen LogP contribution in [0.2, 0.25) is 0 Å². The van der Waals surface area contributed by atoms with Gasteiger partial charge in [0.25, 0.3) is 0 Å². The van der Waals surface area contributed by atoms with Gasteiger partial charge in [0.05, 0.1) is 13.2 Å². The fourth-order valence-electron chi connectivity index (χ4n) is 3.14. The Hall–Kier alpha value is -1.43. The summed E-state index contributed by atoms with van der Waals surface area (Å²) in [6, 6.07) is 10.9. The smallest absolute Gasteiger partial charge is 0.303 e. The van der Waals surface area contributed by atoms with Crippen LogP contribution in [0, 0.1) is 0 Å². The Kier molecular flexibility index (Phi) is 8.22. The first-order valence-electron chi connectivity index (χ1n) is 8.95. The Morgan fingerprint density at radius 3 is 2.62 bits per heavy atom. The van der Waals surface area contributed by atoms with E-state index in [1.807, 2.05) is 6.07 Å². The molecule has 5 heteroatoms. The molecule has 0 radical (unpaired) electrons. The fourth-order valence-corrected chi connectivity index (χ4v) is 3.14. The number of unbranched alkanes of at least 4 members (excludes halogenated alkanes) is 1. The zero-order valence-electron chi connectivity index (χ0n) is 14.7. The topological polar surface area (TPSA) is 53.0 Å². The quantitative estimate of drug-likeness (QED) is 0.666. The number of aliphatic carboxylic acids is 1. The van der Waals surface area contributed by atoms with Crippen LogP contribution < -0.4 is 0 Å². The lowest BCUT2D eigenvalue weighted by Crippen LogP contribution is -2.46. The molecule has 1 unspecified atom stereocenters. The van der Waals surface area contributed by atoms with Gasteiger partial charge >= 0.3 is 5.97 Å². The molecule has 1 saturated heterocycles. The van der Waals surface area contributed by atoms with Gasteiger partial charge in [-0.2, -0.15) is 0 Å². The number of nitrogens with zero attached hydrogens (tertiary/aromatic N) is 2. The Bertz CT molecular complexity index is 475. The van der Waals surface area contributed by atoms with E-state index in [9.17, 15) is 4.79 Å². The summed E-state index contributed by atoms with van der Waals surface area (Å²) in [5.41, 5.74) is 1.31. The summed E-state index contributed by atoms with van der Waals surface area (Å²) in [5, 5.41) is 8.81. The molecule has 5 nitrogen and oxygen atoms in total. The molecule has 1 aliphatic rings. The van der Waals surface area contributed by atoms with Gasteiger partial charge in [-0.25, -0.2) is 0 Å². The summed E-state index contributed by atoms with van der Waals surface area (Å²) < 4.78 is 5.43. The molecule has 0 amide bonds. The van der Waals surface area contributed by atoms with Crippen molar-refractivity contribution in [1.29, 1.82) is 0 Å². The molecule has 1 aliphatic heterocycles. The molecule has 0 bridgehead atoms. The maximum absolute atomic E-state index is 10.7. The number of carbonyl (C=O) groups is 1. The zero-order valence-corrected chi connectivity index (χ0v) is 14.7. The van der Waals surface area contributed by atoms with Crippen molar-refractivity contribution >= 4 is 5.97 Å². The predicted molar refractivity (Wildman–Crippen MR) is 95.1 cm³/mol. The third-order valence-corrected chi connectivity index (χ3v) is 4.56. The second kappa shape index (κ2) is 10.4. The van der Waals surface area contributed by atoms with Crippen molar-refractivity contribution in [2.75, 3.05) is 39.4 Å². The molecule has 0 aromatic heterocycles. The van der Waals surface area contributed by atoms with Gasteiger partial charge < -0.3 is 9.84 Å². The lowest BCUT2D eigenvalue weighted by Gasteiger charge is -2.35.